The van der Waals surface area contributed by atoms with E-state index in [0.29, 0.717) is 56.6 Å². The number of allylic oxidation sites excluding steroid dienone is 1. The summed E-state index contributed by atoms with van der Waals surface area (Å²) >= 11 is 0. The van der Waals surface area contributed by atoms with Gasteiger partial charge in [0.1, 0.15) is 35.3 Å². The van der Waals surface area contributed by atoms with Gasteiger partial charge in [-0.3, -0.25) is 19.1 Å². The Bertz CT molecular complexity index is 2080. The Hall–Kier alpha value is -4.68. The third kappa shape index (κ3) is 8.83. The highest BCUT2D eigenvalue weighted by Crippen LogP contribution is 2.48. The number of rotatable bonds is 9. The molecule has 3 N–H and O–H groups in total. The van der Waals surface area contributed by atoms with Crippen molar-refractivity contribution in [1.29, 1.82) is 0 Å². The number of halogens is 4. The number of benzene rings is 1. The van der Waals surface area contributed by atoms with Crippen molar-refractivity contribution in [3.05, 3.63) is 42.4 Å². The number of carbonyl (C=O) groups is 4. The van der Waals surface area contributed by atoms with Crippen molar-refractivity contribution >= 4 is 44.6 Å². The maximum Gasteiger partial charge on any atom is 0.425 e. The highest BCUT2D eigenvalue weighted by Gasteiger charge is 2.63. The molecule has 1 aromatic heterocycles. The van der Waals surface area contributed by atoms with Crippen LogP contribution in [0.25, 0.3) is 10.8 Å². The number of alkyl halides is 3. The molecule has 8 unspecified atom stereocenters. The van der Waals surface area contributed by atoms with Gasteiger partial charge in [-0.15, -0.1) is 0 Å². The molecule has 8 atom stereocenters. The first-order valence-corrected chi connectivity index (χ1v) is 20.9. The zero-order chi connectivity index (χ0) is 42.4. The summed E-state index contributed by atoms with van der Waals surface area (Å²) in [6.07, 6.45) is -2.49. The molecule has 2 aliphatic heterocycles. The largest absolute Gasteiger partial charge is 0.494 e. The van der Waals surface area contributed by atoms with Gasteiger partial charge in [0.15, 0.2) is 6.10 Å². The van der Waals surface area contributed by atoms with E-state index in [1.165, 1.54) is 38.4 Å². The Labute approximate surface area is 333 Å². The molecule has 2 saturated carbocycles. The van der Waals surface area contributed by atoms with E-state index in [4.69, 9.17) is 9.47 Å². The Morgan fingerprint density at radius 2 is 1.88 bits per heavy atom. The number of hydrogen-bond acceptors (Lipinski definition) is 10. The van der Waals surface area contributed by atoms with Crippen molar-refractivity contribution in [2.75, 3.05) is 13.7 Å². The van der Waals surface area contributed by atoms with Crippen LogP contribution in [0.5, 0.6) is 11.6 Å². The minimum absolute atomic E-state index is 0.0439. The van der Waals surface area contributed by atoms with Gasteiger partial charge >= 0.3 is 12.3 Å². The normalized spacial score (nSPS) is 29.2. The SMILES string of the molecule is CCC1CC(C)CCC=CC2CC2(C(=O)NS(=O)(=O)C2(C)CC2)NC(=O)C2CC(Oc3ncc(OC)c4ccc(F)cc34)CN2C(=O)C1NC(=O)OC(C)C(F)(F)F. The number of pyridine rings is 1. The second kappa shape index (κ2) is 16.2. The van der Waals surface area contributed by atoms with Gasteiger partial charge in [-0.05, 0) is 82.4 Å². The number of hydrogen-bond donors (Lipinski definition) is 3. The lowest BCUT2D eigenvalue weighted by molar-refractivity contribution is -0.197. The van der Waals surface area contributed by atoms with Crippen molar-refractivity contribution in [1.82, 2.24) is 25.2 Å². The standard InChI is InChI=1S/C39H49F4N5O9S/c1-6-23-15-21(2)9-7-8-10-24-18-38(24,35(51)47-58(53,54)37(4)13-14-37)46-32(49)29-17-26(57-33-28-16-25(40)11-12-27(28)30(55-5)19-44-33)20-48(29)34(50)31(23)45-36(52)56-22(3)39(41,42)43/h8,10-12,16,19,21-24,26,29,31H,6-7,9,13-15,17-18,20H2,1-5H3,(H,45,52)(H,46,49)(H,47,51). The summed E-state index contributed by atoms with van der Waals surface area (Å²) in [7, 11) is -2.69. The smallest absolute Gasteiger partial charge is 0.425 e. The molecular weight excluding hydrogens is 791 g/mol. The van der Waals surface area contributed by atoms with Gasteiger partial charge in [-0.1, -0.05) is 32.4 Å². The molecule has 6 rings (SSSR count). The highest BCUT2D eigenvalue weighted by atomic mass is 32.2. The molecule has 14 nitrogen and oxygen atoms in total. The van der Waals surface area contributed by atoms with Gasteiger partial charge in [-0.25, -0.2) is 22.6 Å². The summed E-state index contributed by atoms with van der Waals surface area (Å²) < 4.78 is 98.4. The Morgan fingerprint density at radius 3 is 2.53 bits per heavy atom. The van der Waals surface area contributed by atoms with E-state index in [1.807, 2.05) is 13.0 Å². The molecule has 0 radical (unpaired) electrons. The van der Waals surface area contributed by atoms with Crippen LogP contribution in [-0.2, 0) is 29.1 Å². The quantitative estimate of drug-likeness (QED) is 0.228. The fraction of sp³-hybridized carbons (Fsp3) is 0.615. The Morgan fingerprint density at radius 1 is 1.16 bits per heavy atom. The van der Waals surface area contributed by atoms with Crippen LogP contribution < -0.4 is 24.8 Å². The Kier molecular flexibility index (Phi) is 12.0. The van der Waals surface area contributed by atoms with Crippen molar-refractivity contribution in [2.45, 2.75) is 120 Å². The third-order valence-corrected chi connectivity index (χ3v) is 14.1. The number of nitrogens with zero attached hydrogens (tertiary/aromatic N) is 2. The Balaban J connectivity index is 1.37. The number of aromatic nitrogens is 1. The second-order valence-corrected chi connectivity index (χ2v) is 18.4. The predicted molar refractivity (Wildman–Crippen MR) is 201 cm³/mol. The minimum atomic E-state index is -4.88. The van der Waals surface area contributed by atoms with Crippen molar-refractivity contribution < 1.29 is 59.4 Å². The molecule has 0 spiro atoms. The minimum Gasteiger partial charge on any atom is -0.494 e. The van der Waals surface area contributed by atoms with Crippen molar-refractivity contribution in [2.24, 2.45) is 17.8 Å². The zero-order valence-electron chi connectivity index (χ0n) is 32.9. The number of alkyl carbamates (subject to hydrolysis) is 1. The lowest BCUT2D eigenvalue weighted by atomic mass is 9.85. The van der Waals surface area contributed by atoms with E-state index in [1.54, 1.807) is 13.0 Å². The van der Waals surface area contributed by atoms with Crippen LogP contribution in [0.1, 0.15) is 79.1 Å². The van der Waals surface area contributed by atoms with Crippen LogP contribution in [0.4, 0.5) is 22.4 Å². The maximum absolute atomic E-state index is 14.8. The van der Waals surface area contributed by atoms with Gasteiger partial charge in [0, 0.05) is 17.7 Å². The summed E-state index contributed by atoms with van der Waals surface area (Å²) in [5.41, 5.74) is -1.68. The highest BCUT2D eigenvalue weighted by molar-refractivity contribution is 7.91. The molecule has 58 heavy (non-hydrogen) atoms. The lowest BCUT2D eigenvalue weighted by Crippen LogP contribution is -2.59. The van der Waals surface area contributed by atoms with E-state index >= 15 is 0 Å². The molecule has 19 heteroatoms. The average molecular weight is 840 g/mol. The number of ether oxygens (including phenoxy) is 3. The molecule has 2 aromatic rings. The molecule has 4 aliphatic rings. The molecular formula is C39H49F4N5O9S. The van der Waals surface area contributed by atoms with Crippen LogP contribution >= 0.6 is 0 Å². The van der Waals surface area contributed by atoms with E-state index in [2.05, 4.69) is 25.1 Å². The van der Waals surface area contributed by atoms with E-state index in [-0.39, 0.29) is 36.6 Å². The lowest BCUT2D eigenvalue weighted by Gasteiger charge is -2.34. The van der Waals surface area contributed by atoms with Crippen LogP contribution in [0, 0.1) is 23.6 Å². The van der Waals surface area contributed by atoms with Crippen molar-refractivity contribution in [3.8, 4) is 11.6 Å². The number of amides is 4. The van der Waals surface area contributed by atoms with Gasteiger partial charge < -0.3 is 29.7 Å². The van der Waals surface area contributed by atoms with Gasteiger partial charge in [-0.2, -0.15) is 13.2 Å². The first-order valence-electron chi connectivity index (χ1n) is 19.4. The summed E-state index contributed by atoms with van der Waals surface area (Å²) in [5, 5.41) is 5.82. The molecule has 3 heterocycles. The van der Waals surface area contributed by atoms with Gasteiger partial charge in [0.05, 0.1) is 30.0 Å². The number of fused-ring (bicyclic) bond motifs is 3. The van der Waals surface area contributed by atoms with Gasteiger partial charge in [0.2, 0.25) is 27.7 Å². The molecule has 2 aliphatic carbocycles. The van der Waals surface area contributed by atoms with Crippen molar-refractivity contribution in [3.63, 3.8) is 0 Å². The van der Waals surface area contributed by atoms with E-state index < -0.39 is 92.2 Å². The fourth-order valence-electron chi connectivity index (χ4n) is 7.78. The number of nitrogens with one attached hydrogen (secondary N) is 3. The van der Waals surface area contributed by atoms with Crippen LogP contribution in [-0.4, -0.2) is 96.5 Å². The zero-order valence-corrected chi connectivity index (χ0v) is 33.7. The predicted octanol–water partition coefficient (Wildman–Crippen LogP) is 5.05. The van der Waals surface area contributed by atoms with Crippen LogP contribution in [0.2, 0.25) is 0 Å². The molecule has 3 fully saturated rings. The summed E-state index contributed by atoms with van der Waals surface area (Å²) in [6, 6.07) is 1.04. The molecule has 1 saturated heterocycles. The molecule has 1 aromatic carbocycles. The summed E-state index contributed by atoms with van der Waals surface area (Å²) in [6.45, 7) is 5.58. The second-order valence-electron chi connectivity index (χ2n) is 16.2. The third-order valence-electron chi connectivity index (χ3n) is 11.9. The monoisotopic (exact) mass is 839 g/mol. The molecule has 4 amide bonds. The first kappa shape index (κ1) is 42.9. The fourth-order valence-corrected chi connectivity index (χ4v) is 9.09. The topological polar surface area (TPSA) is 182 Å². The number of sulfonamides is 1. The van der Waals surface area contributed by atoms with E-state index in [0.717, 1.165) is 4.90 Å². The average Bonchev–Trinajstić information content (AvgIpc) is 4.04. The summed E-state index contributed by atoms with van der Waals surface area (Å²) in [4.78, 5) is 61.7. The van der Waals surface area contributed by atoms with E-state index in [9.17, 15) is 45.2 Å². The molecule has 0 bridgehead atoms. The molecule has 318 valence electrons. The summed E-state index contributed by atoms with van der Waals surface area (Å²) in [5.74, 6) is -4.15. The number of carbonyl (C=O) groups excluding carboxylic acids is 4. The maximum atomic E-state index is 14.8. The first-order chi connectivity index (χ1) is 27.2. The van der Waals surface area contributed by atoms with Crippen LogP contribution in [0.15, 0.2) is 36.5 Å². The number of methoxy groups -OCH3 is 1. The van der Waals surface area contributed by atoms with Crippen LogP contribution in [0.3, 0.4) is 0 Å². The van der Waals surface area contributed by atoms with Gasteiger partial charge in [0.25, 0.3) is 5.91 Å².